The normalized spacial score (nSPS) is 15.8. The zero-order valence-corrected chi connectivity index (χ0v) is 25.2. The number of piperazine rings is 1. The zero-order chi connectivity index (χ0) is 30.7. The van der Waals surface area contributed by atoms with E-state index in [0.717, 1.165) is 11.1 Å². The van der Waals surface area contributed by atoms with Crippen LogP contribution in [0.5, 0.6) is 0 Å². The van der Waals surface area contributed by atoms with Crippen LogP contribution in [-0.2, 0) is 14.8 Å². The predicted octanol–water partition coefficient (Wildman–Crippen LogP) is 5.31. The second-order valence-corrected chi connectivity index (χ2v) is 12.8. The van der Waals surface area contributed by atoms with E-state index in [1.165, 1.54) is 15.3 Å². The van der Waals surface area contributed by atoms with E-state index in [9.17, 15) is 18.0 Å². The second-order valence-electron chi connectivity index (χ2n) is 10.5. The molecule has 1 fully saturated rings. The number of para-hydroxylation sites is 1. The monoisotopic (exact) mass is 624 g/mol. The van der Waals surface area contributed by atoms with Gasteiger partial charge in [0.05, 0.1) is 11.6 Å². The van der Waals surface area contributed by atoms with Crippen molar-refractivity contribution in [3.63, 3.8) is 0 Å². The fraction of sp³-hybridized carbons (Fsp3) is 0.147. The number of nitrogens with one attached hydrogen (secondary N) is 1. The third kappa shape index (κ3) is 5.94. The molecular formula is C34H29ClN4O4S. The number of benzene rings is 4. The van der Waals surface area contributed by atoms with Gasteiger partial charge in [-0.05, 0) is 41.5 Å². The summed E-state index contributed by atoms with van der Waals surface area (Å²) in [5, 5.41) is 4.19. The molecule has 0 aliphatic carbocycles. The van der Waals surface area contributed by atoms with Crippen molar-refractivity contribution in [2.45, 2.75) is 17.0 Å². The molecule has 0 spiro atoms. The average Bonchev–Trinajstić information content (AvgIpc) is 3.07. The van der Waals surface area contributed by atoms with Crippen molar-refractivity contribution in [2.24, 2.45) is 0 Å². The van der Waals surface area contributed by atoms with Crippen molar-refractivity contribution >= 4 is 44.3 Å². The average molecular weight is 625 g/mol. The van der Waals surface area contributed by atoms with E-state index in [-0.39, 0.29) is 24.5 Å². The van der Waals surface area contributed by atoms with Gasteiger partial charge in [0, 0.05) is 41.8 Å². The lowest BCUT2D eigenvalue weighted by atomic mass is 9.98. The molecule has 0 radical (unpaired) electrons. The van der Waals surface area contributed by atoms with Crippen molar-refractivity contribution in [3.8, 4) is 0 Å². The van der Waals surface area contributed by atoms with Crippen molar-refractivity contribution in [2.75, 3.05) is 19.6 Å². The highest BCUT2D eigenvalue weighted by molar-refractivity contribution is 7.89. The first-order valence-electron chi connectivity index (χ1n) is 14.1. The van der Waals surface area contributed by atoms with E-state index < -0.39 is 33.9 Å². The van der Waals surface area contributed by atoms with E-state index in [1.807, 2.05) is 60.7 Å². The van der Waals surface area contributed by atoms with Gasteiger partial charge in [0.15, 0.2) is 0 Å². The number of carbonyl (C=O) groups is 2. The largest absolute Gasteiger partial charge is 0.343 e. The van der Waals surface area contributed by atoms with Crippen LogP contribution in [0.1, 0.15) is 27.5 Å². The van der Waals surface area contributed by atoms with E-state index in [4.69, 9.17) is 11.6 Å². The molecule has 8 nitrogen and oxygen atoms in total. The molecule has 10 heteroatoms. The smallest absolute Gasteiger partial charge is 0.254 e. The number of carbonyl (C=O) groups excluding carboxylic acids is 2. The topological polar surface area (TPSA) is 99.7 Å². The van der Waals surface area contributed by atoms with Crippen molar-refractivity contribution in [1.29, 1.82) is 0 Å². The molecule has 5 aromatic rings. The van der Waals surface area contributed by atoms with Gasteiger partial charge in [-0.25, -0.2) is 8.42 Å². The summed E-state index contributed by atoms with van der Waals surface area (Å²) in [4.78, 5) is 33.8. The van der Waals surface area contributed by atoms with Crippen LogP contribution in [-0.4, -0.2) is 60.1 Å². The van der Waals surface area contributed by atoms with Crippen LogP contribution in [0.2, 0.25) is 5.02 Å². The summed E-state index contributed by atoms with van der Waals surface area (Å²) in [7, 11) is -4.08. The fourth-order valence-electron chi connectivity index (χ4n) is 5.54. The third-order valence-electron chi connectivity index (χ3n) is 7.74. The zero-order valence-electron chi connectivity index (χ0n) is 23.6. The molecule has 1 aromatic heterocycles. The Morgan fingerprint density at radius 3 is 2.16 bits per heavy atom. The number of halogens is 1. The molecule has 222 valence electrons. The van der Waals surface area contributed by atoms with Crippen molar-refractivity contribution in [3.05, 3.63) is 143 Å². The van der Waals surface area contributed by atoms with Crippen LogP contribution in [0.25, 0.3) is 10.9 Å². The van der Waals surface area contributed by atoms with Gasteiger partial charge in [-0.3, -0.25) is 14.6 Å². The molecule has 44 heavy (non-hydrogen) atoms. The van der Waals surface area contributed by atoms with Crippen molar-refractivity contribution in [1.82, 2.24) is 19.5 Å². The maximum Gasteiger partial charge on any atom is 0.254 e. The summed E-state index contributed by atoms with van der Waals surface area (Å²) in [6, 6.07) is 32.4. The molecule has 1 unspecified atom stereocenters. The minimum Gasteiger partial charge on any atom is -0.343 e. The van der Waals surface area contributed by atoms with Gasteiger partial charge >= 0.3 is 0 Å². The number of nitrogens with zero attached hydrogens (tertiary/aromatic N) is 3. The molecule has 1 aliphatic rings. The Morgan fingerprint density at radius 1 is 0.818 bits per heavy atom. The van der Waals surface area contributed by atoms with Crippen LogP contribution < -0.4 is 5.32 Å². The molecule has 1 saturated heterocycles. The second kappa shape index (κ2) is 12.6. The summed E-state index contributed by atoms with van der Waals surface area (Å²) >= 11 is 6.19. The van der Waals surface area contributed by atoms with Gasteiger partial charge in [0.25, 0.3) is 5.91 Å². The number of sulfonamides is 1. The van der Waals surface area contributed by atoms with Gasteiger partial charge in [-0.1, -0.05) is 96.5 Å². The highest BCUT2D eigenvalue weighted by Crippen LogP contribution is 2.28. The maximum absolute atomic E-state index is 14.2. The van der Waals surface area contributed by atoms with Gasteiger partial charge in [0.1, 0.15) is 10.9 Å². The van der Waals surface area contributed by atoms with Gasteiger partial charge in [-0.15, -0.1) is 0 Å². The Balaban J connectivity index is 1.37. The fourth-order valence-corrected chi connectivity index (χ4v) is 7.34. The van der Waals surface area contributed by atoms with E-state index in [1.54, 1.807) is 54.7 Å². The molecule has 4 aromatic carbocycles. The van der Waals surface area contributed by atoms with Gasteiger partial charge in [-0.2, -0.15) is 4.31 Å². The number of hydrogen-bond donors (Lipinski definition) is 1. The summed E-state index contributed by atoms with van der Waals surface area (Å²) < 4.78 is 29.4. The number of fused-ring (bicyclic) bond motifs is 1. The lowest BCUT2D eigenvalue weighted by Gasteiger charge is -2.40. The Morgan fingerprint density at radius 2 is 1.48 bits per heavy atom. The minimum absolute atomic E-state index is 0.00218. The molecule has 0 bridgehead atoms. The number of aromatic nitrogens is 1. The SMILES string of the molecule is O=C(NC(c1ccccc1)c1ccccc1)C1CN(S(=O)(=O)c2cccc3cccnc23)CCN1C(=O)c1cccc(Cl)c1. The molecular weight excluding hydrogens is 596 g/mol. The van der Waals surface area contributed by atoms with Crippen molar-refractivity contribution < 1.29 is 18.0 Å². The van der Waals surface area contributed by atoms with Crippen LogP contribution in [0, 0.1) is 0 Å². The first-order chi connectivity index (χ1) is 21.3. The predicted molar refractivity (Wildman–Crippen MR) is 170 cm³/mol. The molecule has 0 saturated carbocycles. The standard InChI is InChI=1S/C34H29ClN4O4S/c35-28-17-7-15-27(22-28)34(41)39-21-20-38(44(42,43)30-18-8-14-26-16-9-19-36-32(26)30)23-29(39)33(40)37-31(24-10-3-1-4-11-24)25-12-5-2-6-13-25/h1-19,22,29,31H,20-21,23H2,(H,37,40). The molecule has 1 atom stereocenters. The summed E-state index contributed by atoms with van der Waals surface area (Å²) in [6.07, 6.45) is 1.55. The van der Waals surface area contributed by atoms with E-state index in [0.29, 0.717) is 21.5 Å². The van der Waals surface area contributed by atoms with Crippen LogP contribution in [0.15, 0.2) is 126 Å². The molecule has 6 rings (SSSR count). The van der Waals surface area contributed by atoms with Crippen LogP contribution in [0.4, 0.5) is 0 Å². The Kier molecular flexibility index (Phi) is 8.43. The highest BCUT2D eigenvalue weighted by Gasteiger charge is 2.41. The quantitative estimate of drug-likeness (QED) is 0.265. The molecule has 2 heterocycles. The summed E-state index contributed by atoms with van der Waals surface area (Å²) in [5.41, 5.74) is 2.36. The van der Waals surface area contributed by atoms with Gasteiger partial charge < -0.3 is 10.2 Å². The Labute approximate surface area is 261 Å². The number of hydrogen-bond acceptors (Lipinski definition) is 5. The lowest BCUT2D eigenvalue weighted by Crippen LogP contribution is -2.61. The highest BCUT2D eigenvalue weighted by atomic mass is 35.5. The van der Waals surface area contributed by atoms with E-state index >= 15 is 0 Å². The molecule has 1 N–H and O–H groups in total. The van der Waals surface area contributed by atoms with Gasteiger partial charge in [0.2, 0.25) is 15.9 Å². The number of rotatable bonds is 7. The first kappa shape index (κ1) is 29.5. The minimum atomic E-state index is -4.08. The molecule has 1 aliphatic heterocycles. The third-order valence-corrected chi connectivity index (χ3v) is 9.88. The summed E-state index contributed by atoms with van der Waals surface area (Å²) in [5.74, 6) is -0.887. The number of amides is 2. The Hall–Kier alpha value is -4.57. The maximum atomic E-state index is 14.2. The van der Waals surface area contributed by atoms with Crippen LogP contribution >= 0.6 is 11.6 Å². The summed E-state index contributed by atoms with van der Waals surface area (Å²) in [6.45, 7) is -0.232. The Bertz CT molecular complexity index is 1880. The molecule has 2 amide bonds. The lowest BCUT2D eigenvalue weighted by molar-refractivity contribution is -0.127. The first-order valence-corrected chi connectivity index (χ1v) is 16.0. The number of pyridine rings is 1. The van der Waals surface area contributed by atoms with E-state index in [2.05, 4.69) is 10.3 Å². The van der Waals surface area contributed by atoms with Crippen LogP contribution in [0.3, 0.4) is 0 Å².